The summed E-state index contributed by atoms with van der Waals surface area (Å²) >= 11 is 0. The van der Waals surface area contributed by atoms with E-state index in [0.29, 0.717) is 0 Å². The summed E-state index contributed by atoms with van der Waals surface area (Å²) in [7, 11) is -3.81. The second-order valence-corrected chi connectivity index (χ2v) is 17.6. The van der Waals surface area contributed by atoms with E-state index in [-0.39, 0.29) is 12.0 Å². The summed E-state index contributed by atoms with van der Waals surface area (Å²) in [6.45, 7) is 11.5. The van der Waals surface area contributed by atoms with E-state index < -0.39 is 16.4 Å². The minimum absolute atomic E-state index is 0.00390. The first-order valence-corrected chi connectivity index (χ1v) is 17.1. The van der Waals surface area contributed by atoms with Gasteiger partial charge in [0.15, 0.2) is 0 Å². The highest BCUT2D eigenvalue weighted by Crippen LogP contribution is 2.29. The Bertz CT molecular complexity index is 959. The molecule has 0 spiro atoms. The fraction of sp³-hybridized carbons (Fsp3) is 0.286. The van der Waals surface area contributed by atoms with E-state index >= 15 is 0 Å². The number of hydrogen-bond donors (Lipinski definition) is 0. The van der Waals surface area contributed by atoms with Gasteiger partial charge < -0.3 is 4.43 Å². The van der Waals surface area contributed by atoms with E-state index in [1.165, 1.54) is 15.9 Å². The van der Waals surface area contributed by atoms with Crippen LogP contribution in [-0.4, -0.2) is 16.4 Å². The molecule has 3 aromatic rings. The molecule has 1 nitrogen and oxygen atoms in total. The lowest BCUT2D eigenvalue weighted by Crippen LogP contribution is -2.58. The highest BCUT2D eigenvalue weighted by molar-refractivity contribution is 6.96. The molecule has 0 aromatic heterocycles. The molecule has 0 aliphatic carbocycles. The van der Waals surface area contributed by atoms with Crippen LogP contribution >= 0.6 is 0 Å². The van der Waals surface area contributed by atoms with Gasteiger partial charge in [0.2, 0.25) is 0 Å². The van der Waals surface area contributed by atoms with Crippen LogP contribution in [-0.2, 0) is 4.43 Å². The van der Waals surface area contributed by atoms with Crippen molar-refractivity contribution < 1.29 is 4.43 Å². The van der Waals surface area contributed by atoms with Gasteiger partial charge >= 0.3 is 0 Å². The predicted molar refractivity (Wildman–Crippen MR) is 139 cm³/mol. The largest absolute Gasteiger partial charge is 0.401 e. The Balaban J connectivity index is 2.00. The average molecular weight is 443 g/mol. The average Bonchev–Trinajstić information content (AvgIpc) is 2.78. The molecule has 0 aliphatic heterocycles. The Morgan fingerprint density at radius 1 is 0.710 bits per heavy atom. The maximum Gasteiger partial charge on any atom is 0.253 e. The summed E-state index contributed by atoms with van der Waals surface area (Å²) in [6, 6.07) is 32.1. The first-order chi connectivity index (χ1) is 14.8. The van der Waals surface area contributed by atoms with Gasteiger partial charge in [0.25, 0.3) is 8.32 Å². The Hall–Kier alpha value is -2.39. The van der Waals surface area contributed by atoms with Crippen molar-refractivity contribution in [3.8, 4) is 11.5 Å². The normalized spacial score (nSPS) is 13.7. The van der Waals surface area contributed by atoms with Crippen LogP contribution in [0.4, 0.5) is 0 Å². The topological polar surface area (TPSA) is 9.23 Å². The summed E-state index contributed by atoms with van der Waals surface area (Å²) in [5, 5.41) is 2.59. The molecule has 0 N–H and O–H groups in total. The lowest BCUT2D eigenvalue weighted by molar-refractivity contribution is 0.181. The summed E-state index contributed by atoms with van der Waals surface area (Å²) in [6.07, 6.45) is 0.897. The highest BCUT2D eigenvalue weighted by atomic mass is 28.4. The third-order valence-electron chi connectivity index (χ3n) is 5.46. The SMILES string of the molecule is C[C@@H](C#C[Si](C)(C)C)C[C@@H](O[Si](C)(c1ccccc1)c1ccccc1)c1ccccc1. The summed E-state index contributed by atoms with van der Waals surface area (Å²) in [5.41, 5.74) is 4.78. The van der Waals surface area contributed by atoms with Gasteiger partial charge in [0.1, 0.15) is 8.07 Å². The zero-order valence-corrected chi connectivity index (χ0v) is 21.4. The van der Waals surface area contributed by atoms with Crippen molar-refractivity contribution in [2.45, 2.75) is 45.6 Å². The first-order valence-electron chi connectivity index (χ1n) is 11.1. The van der Waals surface area contributed by atoms with Gasteiger partial charge in [-0.05, 0) is 28.9 Å². The van der Waals surface area contributed by atoms with Crippen molar-refractivity contribution in [1.82, 2.24) is 0 Å². The van der Waals surface area contributed by atoms with E-state index in [0.717, 1.165) is 6.42 Å². The van der Waals surface area contributed by atoms with Crippen LogP contribution in [0.15, 0.2) is 91.0 Å². The highest BCUT2D eigenvalue weighted by Gasteiger charge is 2.37. The molecule has 3 rings (SSSR count). The third-order valence-corrected chi connectivity index (χ3v) is 9.98. The molecular formula is C28H34OSi2. The Kier molecular flexibility index (Phi) is 7.72. The molecule has 0 radical (unpaired) electrons. The van der Waals surface area contributed by atoms with Crippen LogP contribution in [0.3, 0.4) is 0 Å². The Morgan fingerprint density at radius 3 is 1.61 bits per heavy atom. The van der Waals surface area contributed by atoms with Gasteiger partial charge in [-0.15, -0.1) is 11.5 Å². The van der Waals surface area contributed by atoms with Crippen molar-refractivity contribution in [2.24, 2.45) is 5.92 Å². The molecule has 3 heteroatoms. The van der Waals surface area contributed by atoms with Crippen LogP contribution in [0.2, 0.25) is 26.2 Å². The number of hydrogen-bond acceptors (Lipinski definition) is 1. The first kappa shape index (κ1) is 23.3. The molecule has 0 unspecified atom stereocenters. The maximum absolute atomic E-state index is 7.18. The van der Waals surface area contributed by atoms with Gasteiger partial charge in [-0.2, -0.15) is 0 Å². The standard InChI is InChI=1S/C28H34OSi2/c1-24(21-22-30(2,3)4)23-28(25-15-9-6-10-16-25)29-31(5,26-17-11-7-12-18-26)27-19-13-8-14-20-27/h6-20,24,28H,23H2,1-5H3/t24-,28+/m0/s1. The molecule has 160 valence electrons. The van der Waals surface area contributed by atoms with Crippen molar-refractivity contribution in [2.75, 3.05) is 0 Å². The van der Waals surface area contributed by atoms with Crippen LogP contribution in [0.25, 0.3) is 0 Å². The molecule has 0 bridgehead atoms. The number of rotatable bonds is 7. The van der Waals surface area contributed by atoms with Crippen LogP contribution in [0, 0.1) is 17.4 Å². The lowest BCUT2D eigenvalue weighted by Gasteiger charge is -2.34. The van der Waals surface area contributed by atoms with Gasteiger partial charge in [-0.1, -0.05) is 118 Å². The summed E-state index contributed by atoms with van der Waals surface area (Å²) < 4.78 is 7.18. The minimum Gasteiger partial charge on any atom is -0.401 e. The van der Waals surface area contributed by atoms with E-state index in [4.69, 9.17) is 4.43 Å². The molecule has 0 saturated heterocycles. The molecule has 0 amide bonds. The Labute approximate surface area is 190 Å². The molecule has 0 heterocycles. The van der Waals surface area contributed by atoms with Gasteiger partial charge in [-0.3, -0.25) is 0 Å². The van der Waals surface area contributed by atoms with Gasteiger partial charge in [0, 0.05) is 5.92 Å². The van der Waals surface area contributed by atoms with E-state index in [1.54, 1.807) is 0 Å². The fourth-order valence-electron chi connectivity index (χ4n) is 3.74. The van der Waals surface area contributed by atoms with Crippen molar-refractivity contribution in [3.63, 3.8) is 0 Å². The smallest absolute Gasteiger partial charge is 0.253 e. The predicted octanol–water partition coefficient (Wildman–Crippen LogP) is 6.04. The Morgan fingerprint density at radius 2 is 1.16 bits per heavy atom. The third kappa shape index (κ3) is 6.54. The quantitative estimate of drug-likeness (QED) is 0.320. The molecular weight excluding hydrogens is 408 g/mol. The zero-order chi connectivity index (χ0) is 22.3. The monoisotopic (exact) mass is 442 g/mol. The second kappa shape index (κ2) is 10.3. The second-order valence-electron chi connectivity index (χ2n) is 9.44. The van der Waals surface area contributed by atoms with Crippen LogP contribution in [0.5, 0.6) is 0 Å². The molecule has 0 aliphatic rings. The van der Waals surface area contributed by atoms with Crippen LogP contribution in [0.1, 0.15) is 25.0 Å². The van der Waals surface area contributed by atoms with E-state index in [9.17, 15) is 0 Å². The van der Waals surface area contributed by atoms with E-state index in [2.05, 4.69) is 136 Å². The van der Waals surface area contributed by atoms with E-state index in [1.807, 2.05) is 0 Å². The summed E-state index contributed by atoms with van der Waals surface area (Å²) in [5.74, 6) is 3.81. The van der Waals surface area contributed by atoms with Crippen molar-refractivity contribution >= 4 is 26.8 Å². The molecule has 0 saturated carbocycles. The number of benzene rings is 3. The zero-order valence-electron chi connectivity index (χ0n) is 19.4. The molecule has 31 heavy (non-hydrogen) atoms. The van der Waals surface area contributed by atoms with Crippen LogP contribution < -0.4 is 10.4 Å². The molecule has 3 aromatic carbocycles. The molecule has 2 atom stereocenters. The molecule has 0 fully saturated rings. The summed E-state index contributed by atoms with van der Waals surface area (Å²) in [4.78, 5) is 0. The van der Waals surface area contributed by atoms with Crippen molar-refractivity contribution in [1.29, 1.82) is 0 Å². The van der Waals surface area contributed by atoms with Gasteiger partial charge in [-0.25, -0.2) is 0 Å². The fourth-order valence-corrected chi connectivity index (χ4v) is 7.48. The van der Waals surface area contributed by atoms with Gasteiger partial charge in [0.05, 0.1) is 6.10 Å². The lowest BCUT2D eigenvalue weighted by atomic mass is 9.99. The maximum atomic E-state index is 7.18. The minimum atomic E-state index is -2.41. The van der Waals surface area contributed by atoms with Crippen molar-refractivity contribution in [3.05, 3.63) is 96.6 Å².